The number of piperazine rings is 1. The minimum absolute atomic E-state index is 0.0919. The number of anilines is 1. The van der Waals surface area contributed by atoms with Gasteiger partial charge in [0.15, 0.2) is 0 Å². The van der Waals surface area contributed by atoms with E-state index in [2.05, 4.69) is 39.5 Å². The van der Waals surface area contributed by atoms with Crippen LogP contribution >= 0.6 is 0 Å². The lowest BCUT2D eigenvalue weighted by Gasteiger charge is -2.34. The molecule has 5 nitrogen and oxygen atoms in total. The van der Waals surface area contributed by atoms with E-state index in [1.807, 2.05) is 23.1 Å². The van der Waals surface area contributed by atoms with Gasteiger partial charge in [-0.25, -0.2) is 4.98 Å². The Hall–Kier alpha value is -2.40. The van der Waals surface area contributed by atoms with Crippen molar-refractivity contribution in [3.05, 3.63) is 59.8 Å². The quantitative estimate of drug-likeness (QED) is 0.883. The molecule has 2 aliphatic rings. The van der Waals surface area contributed by atoms with E-state index in [1.54, 1.807) is 6.20 Å². The van der Waals surface area contributed by atoms with Crippen molar-refractivity contribution in [2.75, 3.05) is 31.5 Å². The molecular formula is C22H28N4O. The van der Waals surface area contributed by atoms with Crippen LogP contribution < -0.4 is 5.32 Å². The van der Waals surface area contributed by atoms with Gasteiger partial charge in [0, 0.05) is 45.0 Å². The number of hydrogen-bond donors (Lipinski definition) is 1. The van der Waals surface area contributed by atoms with E-state index in [1.165, 1.54) is 31.2 Å². The van der Waals surface area contributed by atoms with Crippen molar-refractivity contribution >= 4 is 11.7 Å². The first-order valence-electron chi connectivity index (χ1n) is 10.1. The van der Waals surface area contributed by atoms with E-state index in [4.69, 9.17) is 0 Å². The maximum absolute atomic E-state index is 12.8. The van der Waals surface area contributed by atoms with Crippen molar-refractivity contribution in [1.82, 2.24) is 14.8 Å². The van der Waals surface area contributed by atoms with E-state index in [0.717, 1.165) is 38.5 Å². The predicted molar refractivity (Wildman–Crippen MR) is 108 cm³/mol. The summed E-state index contributed by atoms with van der Waals surface area (Å²) >= 11 is 0. The highest BCUT2D eigenvalue weighted by molar-refractivity contribution is 5.94. The summed E-state index contributed by atoms with van der Waals surface area (Å²) < 4.78 is 0. The number of amides is 1. The third-order valence-electron chi connectivity index (χ3n) is 5.63. The molecule has 1 amide bonds. The summed E-state index contributed by atoms with van der Waals surface area (Å²) in [4.78, 5) is 21.6. The van der Waals surface area contributed by atoms with Crippen LogP contribution in [0.3, 0.4) is 0 Å². The van der Waals surface area contributed by atoms with Gasteiger partial charge in [-0.15, -0.1) is 0 Å². The number of rotatable bonds is 5. The molecule has 1 N–H and O–H groups in total. The van der Waals surface area contributed by atoms with Crippen LogP contribution in [0.25, 0.3) is 0 Å². The number of nitrogens with zero attached hydrogens (tertiary/aromatic N) is 3. The molecule has 0 unspecified atom stereocenters. The van der Waals surface area contributed by atoms with Crippen molar-refractivity contribution in [2.24, 2.45) is 0 Å². The molecule has 1 saturated carbocycles. The molecule has 27 heavy (non-hydrogen) atoms. The normalized spacial score (nSPS) is 18.6. The number of carbonyl (C=O) groups is 1. The van der Waals surface area contributed by atoms with Gasteiger partial charge < -0.3 is 10.2 Å². The lowest BCUT2D eigenvalue weighted by Crippen LogP contribution is -2.48. The van der Waals surface area contributed by atoms with Crippen LogP contribution in [0.15, 0.2) is 48.7 Å². The van der Waals surface area contributed by atoms with Gasteiger partial charge in [-0.1, -0.05) is 43.2 Å². The van der Waals surface area contributed by atoms with Crippen LogP contribution in [0.2, 0.25) is 0 Å². The summed E-state index contributed by atoms with van der Waals surface area (Å²) in [6, 6.07) is 14.9. The molecule has 0 radical (unpaired) electrons. The number of hydrogen-bond acceptors (Lipinski definition) is 4. The van der Waals surface area contributed by atoms with Crippen molar-refractivity contribution < 1.29 is 4.79 Å². The zero-order valence-corrected chi connectivity index (χ0v) is 15.8. The number of nitrogens with one attached hydrogen (secondary N) is 1. The molecule has 142 valence electrons. The Morgan fingerprint density at radius 3 is 2.41 bits per heavy atom. The van der Waals surface area contributed by atoms with Gasteiger partial charge in [0.2, 0.25) is 0 Å². The molecule has 0 atom stereocenters. The van der Waals surface area contributed by atoms with Crippen molar-refractivity contribution in [1.29, 1.82) is 0 Å². The summed E-state index contributed by atoms with van der Waals surface area (Å²) in [5, 5.41) is 3.47. The van der Waals surface area contributed by atoms with Crippen LogP contribution in [-0.2, 0) is 6.54 Å². The molecular weight excluding hydrogens is 336 g/mol. The fraction of sp³-hybridized carbons (Fsp3) is 0.455. The average Bonchev–Trinajstić information content (AvgIpc) is 3.22. The summed E-state index contributed by atoms with van der Waals surface area (Å²) in [7, 11) is 0. The second kappa shape index (κ2) is 8.53. The first kappa shape index (κ1) is 18.0. The minimum Gasteiger partial charge on any atom is -0.367 e. The first-order valence-corrected chi connectivity index (χ1v) is 10.1. The summed E-state index contributed by atoms with van der Waals surface area (Å²) in [6.45, 7) is 4.32. The molecule has 5 heteroatoms. The molecule has 1 aliphatic carbocycles. The Labute approximate surface area is 161 Å². The summed E-state index contributed by atoms with van der Waals surface area (Å²) in [6.07, 6.45) is 6.75. The molecule has 1 aliphatic heterocycles. The summed E-state index contributed by atoms with van der Waals surface area (Å²) in [5.41, 5.74) is 2.01. The molecule has 1 aromatic heterocycles. The molecule has 1 saturated heterocycles. The molecule has 0 bridgehead atoms. The van der Waals surface area contributed by atoms with Gasteiger partial charge in [0.05, 0.1) is 5.56 Å². The maximum Gasteiger partial charge on any atom is 0.255 e. The van der Waals surface area contributed by atoms with E-state index < -0.39 is 0 Å². The number of carbonyl (C=O) groups excluding carboxylic acids is 1. The molecule has 2 aromatic rings. The Morgan fingerprint density at radius 1 is 1.00 bits per heavy atom. The Balaban J connectivity index is 1.28. The second-order valence-electron chi connectivity index (χ2n) is 7.61. The van der Waals surface area contributed by atoms with Crippen molar-refractivity contribution in [3.63, 3.8) is 0 Å². The highest BCUT2D eigenvalue weighted by Gasteiger charge is 2.22. The van der Waals surface area contributed by atoms with Crippen molar-refractivity contribution in [2.45, 2.75) is 38.3 Å². The molecule has 2 fully saturated rings. The van der Waals surface area contributed by atoms with E-state index >= 15 is 0 Å². The Bertz CT molecular complexity index is 733. The largest absolute Gasteiger partial charge is 0.367 e. The standard InChI is InChI=1S/C22H28N4O/c27-22(19-10-11-21(23-16-19)24-20-8-4-5-9-20)26-14-12-25(13-15-26)17-18-6-2-1-3-7-18/h1-3,6-7,10-11,16,20H,4-5,8-9,12-15,17H2,(H,23,24). The van der Waals surface area contributed by atoms with Crippen LogP contribution in [0, 0.1) is 0 Å². The minimum atomic E-state index is 0.0919. The fourth-order valence-corrected chi connectivity index (χ4v) is 4.02. The first-order chi connectivity index (χ1) is 13.3. The lowest BCUT2D eigenvalue weighted by molar-refractivity contribution is 0.0628. The van der Waals surface area contributed by atoms with Crippen LogP contribution in [0.5, 0.6) is 0 Å². The molecule has 2 heterocycles. The third-order valence-corrected chi connectivity index (χ3v) is 5.63. The van der Waals surface area contributed by atoms with E-state index in [9.17, 15) is 4.79 Å². The topological polar surface area (TPSA) is 48.5 Å². The van der Waals surface area contributed by atoms with E-state index in [-0.39, 0.29) is 5.91 Å². The van der Waals surface area contributed by atoms with E-state index in [0.29, 0.717) is 11.6 Å². The highest BCUT2D eigenvalue weighted by Crippen LogP contribution is 2.21. The average molecular weight is 364 g/mol. The lowest BCUT2D eigenvalue weighted by atomic mass is 10.2. The van der Waals surface area contributed by atoms with Gasteiger partial charge >= 0.3 is 0 Å². The smallest absolute Gasteiger partial charge is 0.255 e. The van der Waals surface area contributed by atoms with Crippen LogP contribution in [0.4, 0.5) is 5.82 Å². The Kier molecular flexibility index (Phi) is 5.68. The van der Waals surface area contributed by atoms with Gasteiger partial charge in [0.1, 0.15) is 5.82 Å². The predicted octanol–water partition coefficient (Wildman–Crippen LogP) is 3.39. The second-order valence-corrected chi connectivity index (χ2v) is 7.61. The zero-order chi connectivity index (χ0) is 18.5. The molecule has 4 rings (SSSR count). The molecule has 1 aromatic carbocycles. The molecule has 0 spiro atoms. The SMILES string of the molecule is O=C(c1ccc(NC2CCCC2)nc1)N1CCN(Cc2ccccc2)CC1. The summed E-state index contributed by atoms with van der Waals surface area (Å²) in [5.74, 6) is 0.973. The maximum atomic E-state index is 12.8. The third kappa shape index (κ3) is 4.66. The van der Waals surface area contributed by atoms with Crippen molar-refractivity contribution in [3.8, 4) is 0 Å². The number of benzene rings is 1. The highest BCUT2D eigenvalue weighted by atomic mass is 16.2. The Morgan fingerprint density at radius 2 is 1.74 bits per heavy atom. The zero-order valence-electron chi connectivity index (χ0n) is 15.8. The van der Waals surface area contributed by atoms with Crippen LogP contribution in [-0.4, -0.2) is 52.9 Å². The fourth-order valence-electron chi connectivity index (χ4n) is 4.02. The van der Waals surface area contributed by atoms with Gasteiger partial charge in [0.25, 0.3) is 5.91 Å². The number of aromatic nitrogens is 1. The van der Waals surface area contributed by atoms with Gasteiger partial charge in [-0.3, -0.25) is 9.69 Å². The van der Waals surface area contributed by atoms with Gasteiger partial charge in [-0.05, 0) is 30.5 Å². The van der Waals surface area contributed by atoms with Crippen LogP contribution in [0.1, 0.15) is 41.6 Å². The monoisotopic (exact) mass is 364 g/mol. The number of pyridine rings is 1. The van der Waals surface area contributed by atoms with Gasteiger partial charge in [-0.2, -0.15) is 0 Å².